The van der Waals surface area contributed by atoms with E-state index >= 15 is 0 Å². The van der Waals surface area contributed by atoms with Gasteiger partial charge in [-0.2, -0.15) is 0 Å². The van der Waals surface area contributed by atoms with Gasteiger partial charge >= 0.3 is 0 Å². The zero-order valence-electron chi connectivity index (χ0n) is 18.0. The van der Waals surface area contributed by atoms with Gasteiger partial charge in [0.2, 0.25) is 11.6 Å². The van der Waals surface area contributed by atoms with Crippen molar-refractivity contribution in [2.24, 2.45) is 0 Å². The number of ether oxygens (including phenoxy) is 4. The smallest absolute Gasteiger partial charge is 0.279 e. The lowest BCUT2D eigenvalue weighted by atomic mass is 10.1. The second-order valence-corrected chi connectivity index (χ2v) is 6.60. The summed E-state index contributed by atoms with van der Waals surface area (Å²) in [7, 11) is 4.53. The van der Waals surface area contributed by atoms with Crippen LogP contribution in [0.3, 0.4) is 0 Å². The highest BCUT2D eigenvalue weighted by Crippen LogP contribution is 2.40. The standard InChI is InChI=1S/C22H25N3O5/c1-7-30-22-19(24-15-8-12(2)13(3)9-16(15)25-22)21(26)23-14-10-17(27-4)20(29-6)18(11-14)28-5/h8-11H,7H2,1-6H3,(H,23,26). The molecule has 0 aliphatic rings. The minimum Gasteiger partial charge on any atom is -0.493 e. The Morgan fingerprint density at radius 2 is 1.47 bits per heavy atom. The molecule has 30 heavy (non-hydrogen) atoms. The van der Waals surface area contributed by atoms with Gasteiger partial charge in [-0.25, -0.2) is 9.97 Å². The van der Waals surface area contributed by atoms with Gasteiger partial charge in [0.05, 0.1) is 39.0 Å². The monoisotopic (exact) mass is 411 g/mol. The van der Waals surface area contributed by atoms with Crippen LogP contribution in [-0.4, -0.2) is 43.8 Å². The fourth-order valence-corrected chi connectivity index (χ4v) is 3.02. The Balaban J connectivity index is 2.04. The molecule has 1 heterocycles. The molecule has 0 aliphatic heterocycles. The number of amides is 1. The maximum absolute atomic E-state index is 13.1. The molecule has 1 amide bonds. The molecule has 0 bridgehead atoms. The second-order valence-electron chi connectivity index (χ2n) is 6.60. The molecule has 3 aromatic rings. The Labute approximate surface area is 175 Å². The van der Waals surface area contributed by atoms with Crippen LogP contribution in [0.4, 0.5) is 5.69 Å². The van der Waals surface area contributed by atoms with Crippen LogP contribution in [0, 0.1) is 13.8 Å². The minimum absolute atomic E-state index is 0.0985. The first-order valence-electron chi connectivity index (χ1n) is 9.44. The average Bonchev–Trinajstić information content (AvgIpc) is 2.73. The third-order valence-corrected chi connectivity index (χ3v) is 4.67. The molecule has 0 fully saturated rings. The normalized spacial score (nSPS) is 10.6. The average molecular weight is 411 g/mol. The fraction of sp³-hybridized carbons (Fsp3) is 0.318. The number of fused-ring (bicyclic) bond motifs is 1. The first-order valence-corrected chi connectivity index (χ1v) is 9.44. The van der Waals surface area contributed by atoms with Crippen LogP contribution in [0.25, 0.3) is 11.0 Å². The van der Waals surface area contributed by atoms with Gasteiger partial charge in [-0.05, 0) is 44.0 Å². The molecule has 0 spiro atoms. The zero-order chi connectivity index (χ0) is 21.8. The molecular formula is C22H25N3O5. The van der Waals surface area contributed by atoms with Gasteiger partial charge in [0.15, 0.2) is 17.2 Å². The van der Waals surface area contributed by atoms with E-state index in [2.05, 4.69) is 15.3 Å². The van der Waals surface area contributed by atoms with Crippen LogP contribution in [0.2, 0.25) is 0 Å². The van der Waals surface area contributed by atoms with Crippen molar-refractivity contribution in [2.75, 3.05) is 33.3 Å². The van der Waals surface area contributed by atoms with E-state index in [1.807, 2.05) is 32.9 Å². The number of nitrogens with one attached hydrogen (secondary N) is 1. The third kappa shape index (κ3) is 4.07. The number of anilines is 1. The van der Waals surface area contributed by atoms with Gasteiger partial charge < -0.3 is 24.3 Å². The van der Waals surface area contributed by atoms with Crippen molar-refractivity contribution in [1.82, 2.24) is 9.97 Å². The summed E-state index contributed by atoms with van der Waals surface area (Å²) in [5.41, 5.74) is 4.01. The van der Waals surface area contributed by atoms with E-state index in [1.54, 1.807) is 12.1 Å². The number of carbonyl (C=O) groups excluding carboxylic acids is 1. The predicted octanol–water partition coefficient (Wildman–Crippen LogP) is 3.92. The number of nitrogens with zero attached hydrogens (tertiary/aromatic N) is 2. The lowest BCUT2D eigenvalue weighted by Crippen LogP contribution is -2.17. The third-order valence-electron chi connectivity index (χ3n) is 4.67. The largest absolute Gasteiger partial charge is 0.493 e. The van der Waals surface area contributed by atoms with E-state index in [9.17, 15) is 4.79 Å². The Bertz CT molecular complexity index is 1070. The van der Waals surface area contributed by atoms with E-state index in [0.29, 0.717) is 40.6 Å². The van der Waals surface area contributed by atoms with Gasteiger partial charge in [-0.3, -0.25) is 4.79 Å². The van der Waals surface area contributed by atoms with Gasteiger partial charge in [-0.15, -0.1) is 0 Å². The van der Waals surface area contributed by atoms with Crippen molar-refractivity contribution in [3.8, 4) is 23.1 Å². The number of aromatic nitrogens is 2. The molecule has 3 rings (SSSR count). The maximum Gasteiger partial charge on any atom is 0.279 e. The van der Waals surface area contributed by atoms with E-state index in [1.165, 1.54) is 21.3 Å². The summed E-state index contributed by atoms with van der Waals surface area (Å²) in [5.74, 6) is 1.00. The maximum atomic E-state index is 13.1. The second kappa shape index (κ2) is 8.86. The van der Waals surface area contributed by atoms with E-state index < -0.39 is 5.91 Å². The minimum atomic E-state index is -0.458. The van der Waals surface area contributed by atoms with Crippen LogP contribution in [0.1, 0.15) is 28.5 Å². The SMILES string of the molecule is CCOc1nc2cc(C)c(C)cc2nc1C(=O)Nc1cc(OC)c(OC)c(OC)c1. The molecule has 0 atom stereocenters. The molecule has 1 N–H and O–H groups in total. The Kier molecular flexibility index (Phi) is 6.25. The highest BCUT2D eigenvalue weighted by molar-refractivity contribution is 6.05. The molecule has 0 saturated heterocycles. The van der Waals surface area contributed by atoms with Crippen LogP contribution < -0.4 is 24.3 Å². The summed E-state index contributed by atoms with van der Waals surface area (Å²) in [5, 5.41) is 2.81. The van der Waals surface area contributed by atoms with Crippen LogP contribution in [0.5, 0.6) is 23.1 Å². The molecule has 158 valence electrons. The molecule has 2 aromatic carbocycles. The first kappa shape index (κ1) is 21.2. The van der Waals surface area contributed by atoms with Crippen molar-refractivity contribution in [2.45, 2.75) is 20.8 Å². The topological polar surface area (TPSA) is 91.8 Å². The van der Waals surface area contributed by atoms with E-state index in [-0.39, 0.29) is 11.6 Å². The lowest BCUT2D eigenvalue weighted by molar-refractivity contribution is 0.101. The fourth-order valence-electron chi connectivity index (χ4n) is 3.02. The zero-order valence-corrected chi connectivity index (χ0v) is 18.0. The van der Waals surface area contributed by atoms with Crippen molar-refractivity contribution >= 4 is 22.6 Å². The van der Waals surface area contributed by atoms with Gasteiger partial charge in [-0.1, -0.05) is 0 Å². The number of hydrogen-bond acceptors (Lipinski definition) is 7. The molecule has 8 nitrogen and oxygen atoms in total. The van der Waals surface area contributed by atoms with Crippen LogP contribution >= 0.6 is 0 Å². The summed E-state index contributed by atoms with van der Waals surface area (Å²) in [6.45, 7) is 6.17. The molecule has 0 aliphatic carbocycles. The molecule has 8 heteroatoms. The van der Waals surface area contributed by atoms with Crippen molar-refractivity contribution in [1.29, 1.82) is 0 Å². The van der Waals surface area contributed by atoms with Gasteiger partial charge in [0.1, 0.15) is 0 Å². The highest BCUT2D eigenvalue weighted by atomic mass is 16.5. The number of rotatable bonds is 7. The predicted molar refractivity (Wildman–Crippen MR) is 114 cm³/mol. The van der Waals surface area contributed by atoms with Crippen molar-refractivity contribution < 1.29 is 23.7 Å². The van der Waals surface area contributed by atoms with Crippen molar-refractivity contribution in [3.63, 3.8) is 0 Å². The molecular weight excluding hydrogens is 386 g/mol. The quantitative estimate of drug-likeness (QED) is 0.630. The number of methoxy groups -OCH3 is 3. The Hall–Kier alpha value is -3.55. The number of benzene rings is 2. The van der Waals surface area contributed by atoms with Crippen LogP contribution in [-0.2, 0) is 0 Å². The Morgan fingerprint density at radius 3 is 1.97 bits per heavy atom. The summed E-state index contributed by atoms with van der Waals surface area (Å²) in [6.07, 6.45) is 0. The summed E-state index contributed by atoms with van der Waals surface area (Å²) < 4.78 is 21.6. The summed E-state index contributed by atoms with van der Waals surface area (Å²) in [6, 6.07) is 7.12. The molecule has 0 unspecified atom stereocenters. The molecule has 0 radical (unpaired) electrons. The summed E-state index contributed by atoms with van der Waals surface area (Å²) >= 11 is 0. The Morgan fingerprint density at radius 1 is 0.900 bits per heavy atom. The molecule has 0 saturated carbocycles. The molecule has 1 aromatic heterocycles. The number of carbonyl (C=O) groups is 1. The number of aryl methyl sites for hydroxylation is 2. The van der Waals surface area contributed by atoms with E-state index in [4.69, 9.17) is 18.9 Å². The number of hydrogen-bond donors (Lipinski definition) is 1. The van der Waals surface area contributed by atoms with Crippen LogP contribution in [0.15, 0.2) is 24.3 Å². The van der Waals surface area contributed by atoms with Crippen molar-refractivity contribution in [3.05, 3.63) is 41.1 Å². The first-order chi connectivity index (χ1) is 14.4. The summed E-state index contributed by atoms with van der Waals surface area (Å²) in [4.78, 5) is 22.1. The highest BCUT2D eigenvalue weighted by Gasteiger charge is 2.20. The lowest BCUT2D eigenvalue weighted by Gasteiger charge is -2.15. The van der Waals surface area contributed by atoms with Gasteiger partial charge in [0.25, 0.3) is 5.91 Å². The van der Waals surface area contributed by atoms with Gasteiger partial charge in [0, 0.05) is 17.8 Å². The van der Waals surface area contributed by atoms with E-state index in [0.717, 1.165) is 11.1 Å².